The van der Waals surface area contributed by atoms with Crippen LogP contribution in [-0.2, 0) is 0 Å². The summed E-state index contributed by atoms with van der Waals surface area (Å²) in [6.45, 7) is 9.76. The van der Waals surface area contributed by atoms with E-state index < -0.39 is 0 Å². The molecule has 1 heteroatoms. The Kier molecular flexibility index (Phi) is 1.95. The van der Waals surface area contributed by atoms with Crippen molar-refractivity contribution in [2.45, 2.75) is 33.6 Å². The molecule has 2 fully saturated rings. The molecule has 0 bridgehead atoms. The fourth-order valence-electron chi connectivity index (χ4n) is 2.87. The van der Waals surface area contributed by atoms with Crippen molar-refractivity contribution in [3.8, 4) is 0 Å². The lowest BCUT2D eigenvalue weighted by molar-refractivity contribution is 0.233. The molecule has 1 saturated heterocycles. The van der Waals surface area contributed by atoms with Gasteiger partial charge in [-0.3, -0.25) is 0 Å². The molecule has 2 aliphatic rings. The highest BCUT2D eigenvalue weighted by Gasteiger charge is 2.41. The average molecular weight is 167 g/mol. The van der Waals surface area contributed by atoms with Gasteiger partial charge in [0.05, 0.1) is 0 Å². The molecule has 1 nitrogen and oxygen atoms in total. The van der Waals surface area contributed by atoms with E-state index in [9.17, 15) is 0 Å². The Hall–Kier alpha value is -0.0400. The Morgan fingerprint density at radius 1 is 1.00 bits per heavy atom. The summed E-state index contributed by atoms with van der Waals surface area (Å²) >= 11 is 0. The predicted octanol–water partition coefficient (Wildman–Crippen LogP) is 2.28. The zero-order valence-corrected chi connectivity index (χ0v) is 8.56. The van der Waals surface area contributed by atoms with Crippen molar-refractivity contribution in [3.05, 3.63) is 0 Å². The fraction of sp³-hybridized carbons (Fsp3) is 1.00. The Morgan fingerprint density at radius 2 is 1.50 bits per heavy atom. The maximum atomic E-state index is 3.50. The van der Waals surface area contributed by atoms with Crippen molar-refractivity contribution in [1.82, 2.24) is 5.32 Å². The second-order valence-electron chi connectivity index (χ2n) is 5.71. The molecule has 0 aromatic rings. The highest BCUT2D eigenvalue weighted by atomic mass is 14.9. The first kappa shape index (κ1) is 8.55. The summed E-state index contributed by atoms with van der Waals surface area (Å²) in [5, 5.41) is 3.50. The van der Waals surface area contributed by atoms with Crippen LogP contribution in [0.4, 0.5) is 0 Å². The minimum atomic E-state index is 0.546. The maximum Gasteiger partial charge on any atom is -0.00172 e. The number of fused-ring (bicyclic) bond motifs is 1. The number of rotatable bonds is 0. The largest absolute Gasteiger partial charge is 0.316 e. The summed E-state index contributed by atoms with van der Waals surface area (Å²) in [5.74, 6) is 3.00. The van der Waals surface area contributed by atoms with Gasteiger partial charge in [-0.25, -0.2) is 0 Å². The first-order valence-corrected chi connectivity index (χ1v) is 5.28. The predicted molar refractivity (Wildman–Crippen MR) is 52.0 cm³/mol. The Labute approximate surface area is 75.9 Å². The molecule has 0 radical (unpaired) electrons. The molecular weight excluding hydrogens is 146 g/mol. The number of hydrogen-bond donors (Lipinski definition) is 1. The van der Waals surface area contributed by atoms with E-state index in [1.165, 1.54) is 25.9 Å². The van der Waals surface area contributed by atoms with Crippen LogP contribution in [0.5, 0.6) is 0 Å². The first-order valence-electron chi connectivity index (χ1n) is 5.28. The van der Waals surface area contributed by atoms with E-state index in [-0.39, 0.29) is 0 Å². The van der Waals surface area contributed by atoms with Crippen molar-refractivity contribution >= 4 is 0 Å². The summed E-state index contributed by atoms with van der Waals surface area (Å²) in [6, 6.07) is 0. The van der Waals surface area contributed by atoms with Crippen LogP contribution < -0.4 is 5.32 Å². The van der Waals surface area contributed by atoms with Crippen LogP contribution in [0.2, 0.25) is 0 Å². The van der Waals surface area contributed by atoms with Gasteiger partial charge >= 0.3 is 0 Å². The summed E-state index contributed by atoms with van der Waals surface area (Å²) in [7, 11) is 0. The standard InChI is InChI=1S/C11H21N/c1-11(2,3)10-4-8-6-12-7-9(8)5-10/h8-10,12H,4-7H2,1-3H3. The zero-order chi connectivity index (χ0) is 8.77. The molecule has 12 heavy (non-hydrogen) atoms. The first-order chi connectivity index (χ1) is 5.57. The molecule has 2 unspecified atom stereocenters. The Bertz CT molecular complexity index is 156. The summed E-state index contributed by atoms with van der Waals surface area (Å²) in [5.41, 5.74) is 0.546. The van der Waals surface area contributed by atoms with Gasteiger partial charge in [-0.2, -0.15) is 0 Å². The molecule has 0 spiro atoms. The van der Waals surface area contributed by atoms with E-state index in [0.29, 0.717) is 5.41 Å². The zero-order valence-electron chi connectivity index (χ0n) is 8.56. The molecule has 0 aromatic carbocycles. The second-order valence-corrected chi connectivity index (χ2v) is 5.71. The third-order valence-corrected chi connectivity index (χ3v) is 3.88. The van der Waals surface area contributed by atoms with Gasteiger partial charge in [0.25, 0.3) is 0 Å². The van der Waals surface area contributed by atoms with Crippen molar-refractivity contribution in [1.29, 1.82) is 0 Å². The lowest BCUT2D eigenvalue weighted by Crippen LogP contribution is -2.21. The molecule has 1 aliphatic heterocycles. The maximum absolute atomic E-state index is 3.50. The quantitative estimate of drug-likeness (QED) is 0.583. The van der Waals surface area contributed by atoms with Crippen LogP contribution in [0.15, 0.2) is 0 Å². The van der Waals surface area contributed by atoms with E-state index in [2.05, 4.69) is 26.1 Å². The van der Waals surface area contributed by atoms with Crippen molar-refractivity contribution in [2.75, 3.05) is 13.1 Å². The van der Waals surface area contributed by atoms with E-state index in [1.807, 2.05) is 0 Å². The molecule has 70 valence electrons. The lowest BCUT2D eigenvalue weighted by Gasteiger charge is -2.27. The highest BCUT2D eigenvalue weighted by Crippen LogP contribution is 2.46. The third-order valence-electron chi connectivity index (χ3n) is 3.88. The Balaban J connectivity index is 1.99. The molecule has 0 amide bonds. The van der Waals surface area contributed by atoms with E-state index in [4.69, 9.17) is 0 Å². The van der Waals surface area contributed by atoms with Crippen molar-refractivity contribution < 1.29 is 0 Å². The average Bonchev–Trinajstić information content (AvgIpc) is 2.37. The van der Waals surface area contributed by atoms with Crippen molar-refractivity contribution in [3.63, 3.8) is 0 Å². The van der Waals surface area contributed by atoms with Crippen LogP contribution in [0.3, 0.4) is 0 Å². The molecule has 0 aromatic heterocycles. The van der Waals surface area contributed by atoms with Gasteiger partial charge in [-0.15, -0.1) is 0 Å². The molecule has 2 atom stereocenters. The fourth-order valence-corrected chi connectivity index (χ4v) is 2.87. The van der Waals surface area contributed by atoms with E-state index >= 15 is 0 Å². The van der Waals surface area contributed by atoms with E-state index in [1.54, 1.807) is 0 Å². The molecule has 1 aliphatic carbocycles. The van der Waals surface area contributed by atoms with Crippen LogP contribution in [0, 0.1) is 23.2 Å². The van der Waals surface area contributed by atoms with Crippen LogP contribution in [-0.4, -0.2) is 13.1 Å². The summed E-state index contributed by atoms with van der Waals surface area (Å²) < 4.78 is 0. The molecule has 1 N–H and O–H groups in total. The third kappa shape index (κ3) is 1.39. The van der Waals surface area contributed by atoms with E-state index in [0.717, 1.165) is 17.8 Å². The smallest absolute Gasteiger partial charge is 0.00172 e. The highest BCUT2D eigenvalue weighted by molar-refractivity contribution is 4.93. The summed E-state index contributed by atoms with van der Waals surface area (Å²) in [6.07, 6.45) is 2.95. The van der Waals surface area contributed by atoms with Gasteiger partial charge in [0.1, 0.15) is 0 Å². The van der Waals surface area contributed by atoms with Crippen LogP contribution in [0.1, 0.15) is 33.6 Å². The minimum absolute atomic E-state index is 0.546. The van der Waals surface area contributed by atoms with Crippen LogP contribution >= 0.6 is 0 Å². The second kappa shape index (κ2) is 2.73. The summed E-state index contributed by atoms with van der Waals surface area (Å²) in [4.78, 5) is 0. The van der Waals surface area contributed by atoms with Gasteiger partial charge in [-0.1, -0.05) is 20.8 Å². The van der Waals surface area contributed by atoms with Gasteiger partial charge in [-0.05, 0) is 49.1 Å². The topological polar surface area (TPSA) is 12.0 Å². The monoisotopic (exact) mass is 167 g/mol. The Morgan fingerprint density at radius 3 is 1.92 bits per heavy atom. The molecule has 2 rings (SSSR count). The van der Waals surface area contributed by atoms with Crippen LogP contribution in [0.25, 0.3) is 0 Å². The lowest BCUT2D eigenvalue weighted by atomic mass is 9.79. The number of hydrogen-bond acceptors (Lipinski definition) is 1. The SMILES string of the molecule is CC(C)(C)C1CC2CNCC2C1. The van der Waals surface area contributed by atoms with Gasteiger partial charge in [0, 0.05) is 0 Å². The molecular formula is C11H21N. The normalized spacial score (nSPS) is 41.8. The minimum Gasteiger partial charge on any atom is -0.316 e. The number of nitrogens with one attached hydrogen (secondary N) is 1. The van der Waals surface area contributed by atoms with Gasteiger partial charge in [0.15, 0.2) is 0 Å². The molecule has 1 heterocycles. The van der Waals surface area contributed by atoms with Crippen molar-refractivity contribution in [2.24, 2.45) is 23.2 Å². The van der Waals surface area contributed by atoms with Gasteiger partial charge < -0.3 is 5.32 Å². The molecule has 1 saturated carbocycles. The van der Waals surface area contributed by atoms with Gasteiger partial charge in [0.2, 0.25) is 0 Å².